The maximum atomic E-state index is 12.7. The third-order valence-electron chi connectivity index (χ3n) is 5.26. The van der Waals surface area contributed by atoms with E-state index in [2.05, 4.69) is 6.92 Å². The van der Waals surface area contributed by atoms with Gasteiger partial charge < -0.3 is 15.1 Å². The molecule has 1 amide bonds. The molecule has 1 aromatic rings. The van der Waals surface area contributed by atoms with E-state index in [1.54, 1.807) is 0 Å². The van der Waals surface area contributed by atoms with E-state index in [1.165, 1.54) is 4.90 Å². The third-order valence-corrected chi connectivity index (χ3v) is 5.26. The smallest absolute Gasteiger partial charge is 0.326 e. The molecular weight excluding hydrogens is 330 g/mol. The number of benzene rings is 1. The van der Waals surface area contributed by atoms with Crippen LogP contribution in [0.3, 0.4) is 0 Å². The summed E-state index contributed by atoms with van der Waals surface area (Å²) >= 11 is 0. The van der Waals surface area contributed by atoms with E-state index in [4.69, 9.17) is 0 Å². The van der Waals surface area contributed by atoms with Gasteiger partial charge in [0.1, 0.15) is 6.04 Å². The molecule has 142 valence electrons. The number of rotatable bonds is 9. The van der Waals surface area contributed by atoms with Crippen LogP contribution < -0.4 is 0 Å². The van der Waals surface area contributed by atoms with Gasteiger partial charge in [0, 0.05) is 0 Å². The first kappa shape index (κ1) is 20.0. The quantitative estimate of drug-likeness (QED) is 0.691. The van der Waals surface area contributed by atoms with Gasteiger partial charge in [-0.3, -0.25) is 4.79 Å². The lowest BCUT2D eigenvalue weighted by Crippen LogP contribution is -2.48. The first-order valence-electron chi connectivity index (χ1n) is 9.44. The summed E-state index contributed by atoms with van der Waals surface area (Å²) in [4.78, 5) is 25.9. The van der Waals surface area contributed by atoms with E-state index in [0.29, 0.717) is 24.8 Å². The molecule has 2 rings (SSSR count). The lowest BCUT2D eigenvalue weighted by Gasteiger charge is -2.33. The number of hydrogen-bond acceptors (Lipinski definition) is 3. The molecule has 0 saturated heterocycles. The van der Waals surface area contributed by atoms with Crippen LogP contribution in [0, 0.1) is 0 Å². The van der Waals surface area contributed by atoms with Gasteiger partial charge in [0.05, 0.1) is 6.04 Å². The predicted molar refractivity (Wildman–Crippen MR) is 101 cm³/mol. The zero-order valence-electron chi connectivity index (χ0n) is 15.8. The minimum absolute atomic E-state index is 0.143. The van der Waals surface area contributed by atoms with Crippen LogP contribution in [0.1, 0.15) is 64.4 Å². The normalized spacial score (nSPS) is 19.7. The largest absolute Gasteiger partial charge is 0.503 e. The average Bonchev–Trinajstić information content (AvgIpc) is 2.86. The van der Waals surface area contributed by atoms with Crippen LogP contribution >= 0.6 is 0 Å². The Hall–Kier alpha value is -2.30. The van der Waals surface area contributed by atoms with Crippen LogP contribution in [0.15, 0.2) is 41.7 Å². The number of aliphatic hydroxyl groups excluding tert-OH is 1. The summed E-state index contributed by atoms with van der Waals surface area (Å²) in [5.41, 5.74) is 1.79. The second-order valence-electron chi connectivity index (χ2n) is 7.00. The highest BCUT2D eigenvalue weighted by Crippen LogP contribution is 2.36. The Morgan fingerprint density at radius 1 is 1.23 bits per heavy atom. The fourth-order valence-corrected chi connectivity index (χ4v) is 3.78. The van der Waals surface area contributed by atoms with Gasteiger partial charge in [0.15, 0.2) is 5.76 Å². The molecule has 5 nitrogen and oxygen atoms in total. The summed E-state index contributed by atoms with van der Waals surface area (Å²) < 4.78 is 0. The number of hydrogen-bond donors (Lipinski definition) is 2. The van der Waals surface area contributed by atoms with E-state index in [-0.39, 0.29) is 17.7 Å². The van der Waals surface area contributed by atoms with Crippen LogP contribution in [0.5, 0.6) is 0 Å². The number of nitrogens with zero attached hydrogens (tertiary/aromatic N) is 1. The first-order chi connectivity index (χ1) is 12.4. The van der Waals surface area contributed by atoms with Gasteiger partial charge in [0.2, 0.25) is 0 Å². The third kappa shape index (κ3) is 4.09. The number of carbonyl (C=O) groups excluding carboxylic acids is 1. The molecule has 26 heavy (non-hydrogen) atoms. The Kier molecular flexibility index (Phi) is 6.83. The van der Waals surface area contributed by atoms with Gasteiger partial charge in [-0.2, -0.15) is 0 Å². The fraction of sp³-hybridized carbons (Fsp3) is 0.524. The van der Waals surface area contributed by atoms with Gasteiger partial charge in [-0.05, 0) is 36.3 Å². The molecule has 0 fully saturated rings. The van der Waals surface area contributed by atoms with Gasteiger partial charge in [-0.1, -0.05) is 63.9 Å². The van der Waals surface area contributed by atoms with Crippen molar-refractivity contribution in [2.24, 2.45) is 0 Å². The summed E-state index contributed by atoms with van der Waals surface area (Å²) in [5.74, 6) is -1.67. The standard InChI is InChI=1S/C21H29NO4/c1-4-6-12-17(21(25)26)22-18(16(5-2)19(23)20(22)24)13-14(3)15-10-8-7-9-11-15/h7-11,14,17-18,23H,4-6,12-13H2,1-3H3,(H,25,26). The SMILES string of the molecule is CCCCC(C(=O)O)N1C(=O)C(O)=C(CC)C1CC(C)c1ccccc1. The number of carboxylic acids is 1. The zero-order valence-corrected chi connectivity index (χ0v) is 15.8. The van der Waals surface area contributed by atoms with E-state index in [0.717, 1.165) is 18.4 Å². The second-order valence-corrected chi connectivity index (χ2v) is 7.00. The minimum atomic E-state index is -1.01. The highest BCUT2D eigenvalue weighted by molar-refractivity contribution is 5.98. The molecule has 1 aliphatic heterocycles. The van der Waals surface area contributed by atoms with Crippen molar-refractivity contribution in [2.45, 2.75) is 70.9 Å². The van der Waals surface area contributed by atoms with E-state index in [1.807, 2.05) is 44.2 Å². The number of carboxylic acid groups (broad SMARTS) is 1. The maximum Gasteiger partial charge on any atom is 0.326 e. The van der Waals surface area contributed by atoms with Crippen LogP contribution in [0.25, 0.3) is 0 Å². The molecule has 1 aliphatic rings. The van der Waals surface area contributed by atoms with Crippen molar-refractivity contribution < 1.29 is 19.8 Å². The summed E-state index contributed by atoms with van der Waals surface area (Å²) in [7, 11) is 0. The number of aliphatic hydroxyl groups is 1. The Bertz CT molecular complexity index is 668. The van der Waals surface area contributed by atoms with Crippen molar-refractivity contribution in [1.82, 2.24) is 4.90 Å². The molecule has 0 aromatic heterocycles. The molecule has 3 atom stereocenters. The summed E-state index contributed by atoms with van der Waals surface area (Å²) in [5, 5.41) is 20.0. The highest BCUT2D eigenvalue weighted by atomic mass is 16.4. The second kappa shape index (κ2) is 8.88. The van der Waals surface area contributed by atoms with E-state index >= 15 is 0 Å². The molecule has 0 aliphatic carbocycles. The summed E-state index contributed by atoms with van der Waals surface area (Å²) in [6.45, 7) is 5.96. The number of carbonyl (C=O) groups is 2. The number of aliphatic carboxylic acids is 1. The Morgan fingerprint density at radius 3 is 2.42 bits per heavy atom. The van der Waals surface area contributed by atoms with E-state index < -0.39 is 17.9 Å². The molecular formula is C21H29NO4. The summed E-state index contributed by atoms with van der Waals surface area (Å²) in [6.07, 6.45) is 3.11. The summed E-state index contributed by atoms with van der Waals surface area (Å²) in [6, 6.07) is 8.69. The van der Waals surface area contributed by atoms with Gasteiger partial charge in [-0.25, -0.2) is 4.79 Å². The Balaban J connectivity index is 2.32. The Labute approximate surface area is 155 Å². The molecule has 0 spiro atoms. The van der Waals surface area contributed by atoms with Crippen LogP contribution in [0.2, 0.25) is 0 Å². The van der Waals surface area contributed by atoms with Crippen molar-refractivity contribution in [2.75, 3.05) is 0 Å². The first-order valence-corrected chi connectivity index (χ1v) is 9.44. The van der Waals surface area contributed by atoms with Crippen molar-refractivity contribution >= 4 is 11.9 Å². The molecule has 3 unspecified atom stereocenters. The van der Waals surface area contributed by atoms with E-state index in [9.17, 15) is 19.8 Å². The predicted octanol–water partition coefficient (Wildman–Crippen LogP) is 4.26. The lowest BCUT2D eigenvalue weighted by atomic mass is 9.89. The molecule has 1 aromatic carbocycles. The number of amides is 1. The van der Waals surface area contributed by atoms with Crippen molar-refractivity contribution in [3.63, 3.8) is 0 Å². The van der Waals surface area contributed by atoms with Crippen molar-refractivity contribution in [1.29, 1.82) is 0 Å². The topological polar surface area (TPSA) is 77.8 Å². The van der Waals surface area contributed by atoms with Crippen molar-refractivity contribution in [3.8, 4) is 0 Å². The highest BCUT2D eigenvalue weighted by Gasteiger charge is 2.44. The molecule has 5 heteroatoms. The van der Waals surface area contributed by atoms with Crippen LogP contribution in [-0.2, 0) is 9.59 Å². The van der Waals surface area contributed by atoms with Crippen LogP contribution in [-0.4, -0.2) is 39.1 Å². The Morgan fingerprint density at radius 2 is 1.88 bits per heavy atom. The van der Waals surface area contributed by atoms with Gasteiger partial charge in [0.25, 0.3) is 5.91 Å². The zero-order chi connectivity index (χ0) is 19.3. The molecule has 0 radical (unpaired) electrons. The minimum Gasteiger partial charge on any atom is -0.503 e. The lowest BCUT2D eigenvalue weighted by molar-refractivity contribution is -0.150. The maximum absolute atomic E-state index is 12.7. The van der Waals surface area contributed by atoms with Crippen LogP contribution in [0.4, 0.5) is 0 Å². The molecule has 0 bridgehead atoms. The molecule has 2 N–H and O–H groups in total. The van der Waals surface area contributed by atoms with Crippen molar-refractivity contribution in [3.05, 3.63) is 47.2 Å². The average molecular weight is 359 g/mol. The number of unbranched alkanes of at least 4 members (excludes halogenated alkanes) is 1. The van der Waals surface area contributed by atoms with Gasteiger partial charge in [-0.15, -0.1) is 0 Å². The van der Waals surface area contributed by atoms with Gasteiger partial charge >= 0.3 is 5.97 Å². The molecule has 0 saturated carbocycles. The fourth-order valence-electron chi connectivity index (χ4n) is 3.78. The monoisotopic (exact) mass is 359 g/mol. The molecule has 1 heterocycles.